The van der Waals surface area contributed by atoms with E-state index in [0.29, 0.717) is 6.61 Å². The predicted molar refractivity (Wildman–Crippen MR) is 132 cm³/mol. The van der Waals surface area contributed by atoms with Gasteiger partial charge in [-0.1, -0.05) is 24.3 Å². The van der Waals surface area contributed by atoms with Gasteiger partial charge in [0.1, 0.15) is 6.10 Å². The molecule has 36 heavy (non-hydrogen) atoms. The molecule has 1 aliphatic rings. The molecule has 9 heteroatoms. The van der Waals surface area contributed by atoms with Crippen LogP contribution in [0.25, 0.3) is 0 Å². The fourth-order valence-electron chi connectivity index (χ4n) is 3.57. The summed E-state index contributed by atoms with van der Waals surface area (Å²) in [5, 5.41) is 0. The van der Waals surface area contributed by atoms with Gasteiger partial charge in [-0.05, 0) is 50.3 Å². The molecule has 0 aliphatic heterocycles. The normalized spacial score (nSPS) is 19.1. The highest BCUT2D eigenvalue weighted by Gasteiger charge is 2.41. The number of ether oxygens (including phenoxy) is 4. The van der Waals surface area contributed by atoms with Gasteiger partial charge in [-0.2, -0.15) is 0 Å². The van der Waals surface area contributed by atoms with Crippen LogP contribution in [0.2, 0.25) is 0 Å². The second-order valence-corrected chi connectivity index (χ2v) is 8.27. The van der Waals surface area contributed by atoms with E-state index >= 15 is 0 Å². The summed E-state index contributed by atoms with van der Waals surface area (Å²) in [4.78, 5) is 58.0. The van der Waals surface area contributed by atoms with Crippen molar-refractivity contribution in [3.63, 3.8) is 0 Å². The minimum atomic E-state index is -1.23. The van der Waals surface area contributed by atoms with E-state index in [1.807, 2.05) is 12.2 Å². The fraction of sp³-hybridized carbons (Fsp3) is 0.519. The molecule has 0 aromatic heterocycles. The molecule has 0 N–H and O–H groups in total. The van der Waals surface area contributed by atoms with Crippen LogP contribution in [0.15, 0.2) is 48.1 Å². The number of carbonyl (C=O) groups is 5. The summed E-state index contributed by atoms with van der Waals surface area (Å²) in [6.45, 7) is 4.33. The van der Waals surface area contributed by atoms with Crippen LogP contribution in [0.4, 0.5) is 0 Å². The van der Waals surface area contributed by atoms with Gasteiger partial charge in [0.25, 0.3) is 0 Å². The number of hydrogen-bond acceptors (Lipinski definition) is 9. The van der Waals surface area contributed by atoms with E-state index in [1.54, 1.807) is 18.2 Å². The summed E-state index contributed by atoms with van der Waals surface area (Å²) in [5.74, 6) is -2.05. The number of unbranched alkanes of at least 4 members (excludes halogenated alkanes) is 3. The average molecular weight is 505 g/mol. The molecule has 0 saturated carbocycles. The summed E-state index contributed by atoms with van der Waals surface area (Å²) in [6.07, 6.45) is 14.7. The smallest absolute Gasteiger partial charge is 0.305 e. The minimum Gasteiger partial charge on any atom is -0.469 e. The number of hydrogen-bond donors (Lipinski definition) is 0. The molecule has 0 bridgehead atoms. The Morgan fingerprint density at radius 3 is 2.39 bits per heavy atom. The van der Waals surface area contributed by atoms with Crippen LogP contribution in [0, 0.1) is 0 Å². The van der Waals surface area contributed by atoms with Gasteiger partial charge >= 0.3 is 23.9 Å². The summed E-state index contributed by atoms with van der Waals surface area (Å²) >= 11 is 0. The molecule has 0 spiro atoms. The molecule has 0 radical (unpaired) electrons. The van der Waals surface area contributed by atoms with Crippen molar-refractivity contribution in [1.82, 2.24) is 0 Å². The minimum absolute atomic E-state index is 0.0573. The number of allylic oxidation sites excluding steroid dienone is 4. The van der Waals surface area contributed by atoms with Gasteiger partial charge < -0.3 is 18.9 Å². The molecule has 0 aromatic carbocycles. The van der Waals surface area contributed by atoms with Crippen LogP contribution in [0.5, 0.6) is 0 Å². The van der Waals surface area contributed by atoms with Crippen molar-refractivity contribution >= 4 is 29.7 Å². The quantitative estimate of drug-likeness (QED) is 0.108. The Morgan fingerprint density at radius 2 is 1.75 bits per heavy atom. The lowest BCUT2D eigenvalue weighted by Crippen LogP contribution is -2.33. The number of rotatable bonds is 15. The largest absolute Gasteiger partial charge is 0.469 e. The first kappa shape index (κ1) is 30.5. The van der Waals surface area contributed by atoms with E-state index in [4.69, 9.17) is 14.2 Å². The van der Waals surface area contributed by atoms with E-state index in [-0.39, 0.29) is 36.6 Å². The molecule has 0 aromatic rings. The molecular formula is C27H36O9. The van der Waals surface area contributed by atoms with Gasteiger partial charge in [0.05, 0.1) is 13.7 Å². The molecule has 0 heterocycles. The second-order valence-electron chi connectivity index (χ2n) is 8.27. The Bertz CT molecular complexity index is 910. The summed E-state index contributed by atoms with van der Waals surface area (Å²) < 4.78 is 20.3. The van der Waals surface area contributed by atoms with E-state index in [9.17, 15) is 24.0 Å². The Labute approximate surface area is 212 Å². The van der Waals surface area contributed by atoms with E-state index in [1.165, 1.54) is 40.0 Å². The summed E-state index contributed by atoms with van der Waals surface area (Å²) in [6, 6.07) is 0. The van der Waals surface area contributed by atoms with Crippen molar-refractivity contribution in [3.8, 4) is 0 Å². The number of ketones is 1. The summed E-state index contributed by atoms with van der Waals surface area (Å²) in [5.41, 5.74) is -0.961. The monoisotopic (exact) mass is 504 g/mol. The van der Waals surface area contributed by atoms with E-state index in [2.05, 4.69) is 4.74 Å². The highest BCUT2D eigenvalue weighted by atomic mass is 16.6. The molecule has 0 unspecified atom stereocenters. The van der Waals surface area contributed by atoms with E-state index in [0.717, 1.165) is 25.7 Å². The lowest BCUT2D eigenvalue weighted by molar-refractivity contribution is -0.149. The van der Waals surface area contributed by atoms with Crippen LogP contribution in [-0.2, 0) is 42.9 Å². The maximum absolute atomic E-state index is 12.6. The first-order chi connectivity index (χ1) is 17.1. The molecule has 0 fully saturated rings. The topological polar surface area (TPSA) is 122 Å². The van der Waals surface area contributed by atoms with E-state index < -0.39 is 29.6 Å². The zero-order valence-corrected chi connectivity index (χ0v) is 21.4. The predicted octanol–water partition coefficient (Wildman–Crippen LogP) is 3.86. The zero-order valence-electron chi connectivity index (χ0n) is 21.4. The van der Waals surface area contributed by atoms with Crippen molar-refractivity contribution in [2.24, 2.45) is 0 Å². The van der Waals surface area contributed by atoms with Gasteiger partial charge in [0.15, 0.2) is 11.4 Å². The maximum atomic E-state index is 12.6. The van der Waals surface area contributed by atoms with Crippen molar-refractivity contribution in [3.05, 3.63) is 48.1 Å². The van der Waals surface area contributed by atoms with Crippen LogP contribution in [0.1, 0.15) is 65.7 Å². The van der Waals surface area contributed by atoms with Crippen LogP contribution in [0.3, 0.4) is 0 Å². The third kappa shape index (κ3) is 11.8. The van der Waals surface area contributed by atoms with Gasteiger partial charge in [-0.15, -0.1) is 0 Å². The highest BCUT2D eigenvalue weighted by molar-refractivity contribution is 6.09. The molecule has 2 atom stereocenters. The molecule has 1 aliphatic carbocycles. The lowest BCUT2D eigenvalue weighted by Gasteiger charge is -2.27. The van der Waals surface area contributed by atoms with Crippen LogP contribution in [-0.4, -0.2) is 55.1 Å². The molecule has 198 valence electrons. The van der Waals surface area contributed by atoms with Crippen molar-refractivity contribution < 1.29 is 42.9 Å². The molecule has 0 amide bonds. The number of esters is 4. The Hall–Kier alpha value is -3.49. The first-order valence-corrected chi connectivity index (χ1v) is 11.9. The van der Waals surface area contributed by atoms with Crippen LogP contribution < -0.4 is 0 Å². The number of methoxy groups -OCH3 is 1. The van der Waals surface area contributed by atoms with Gasteiger partial charge in [0, 0.05) is 39.2 Å². The Kier molecular flexibility index (Phi) is 13.8. The lowest BCUT2D eigenvalue weighted by atomic mass is 9.91. The SMILES string of the molecule is COC(=O)CC[C@H](/C=C/C=C1/C(=O)C=C[C@]1(C/C=C\CCCCCOC(C)=O)OC(C)=O)OC(C)=O. The van der Waals surface area contributed by atoms with Crippen LogP contribution >= 0.6 is 0 Å². The number of carbonyl (C=O) groups excluding carboxylic acids is 5. The van der Waals surface area contributed by atoms with Gasteiger partial charge in [-0.25, -0.2) is 0 Å². The third-order valence-corrected chi connectivity index (χ3v) is 5.23. The Balaban J connectivity index is 2.87. The van der Waals surface area contributed by atoms with Crippen molar-refractivity contribution in [1.29, 1.82) is 0 Å². The maximum Gasteiger partial charge on any atom is 0.305 e. The molecule has 1 rings (SSSR count). The summed E-state index contributed by atoms with van der Waals surface area (Å²) in [7, 11) is 1.27. The van der Waals surface area contributed by atoms with Gasteiger partial charge in [0.2, 0.25) is 0 Å². The molecular weight excluding hydrogens is 468 g/mol. The molecule has 9 nitrogen and oxygen atoms in total. The highest BCUT2D eigenvalue weighted by Crippen LogP contribution is 2.34. The second kappa shape index (κ2) is 16.2. The standard InChI is InChI=1S/C27H36O9/c1-20(28)34-19-10-8-6-5-7-9-17-27(36-22(3)30)18-16-25(31)24(27)13-11-12-23(35-21(2)29)14-15-26(32)33-4/h7,9,11-13,16,18,23H,5-6,8,10,14-15,17,19H2,1-4H3/b9-7-,12-11+,24-13-/t23-,27-/m0/s1. The Morgan fingerprint density at radius 1 is 1.00 bits per heavy atom. The fourth-order valence-corrected chi connectivity index (χ4v) is 3.57. The first-order valence-electron chi connectivity index (χ1n) is 11.9. The zero-order chi connectivity index (χ0) is 27.0. The average Bonchev–Trinajstić information content (AvgIpc) is 3.10. The third-order valence-electron chi connectivity index (χ3n) is 5.23. The van der Waals surface area contributed by atoms with Gasteiger partial charge in [-0.3, -0.25) is 24.0 Å². The van der Waals surface area contributed by atoms with Crippen molar-refractivity contribution in [2.75, 3.05) is 13.7 Å². The van der Waals surface area contributed by atoms with Crippen molar-refractivity contribution in [2.45, 2.75) is 77.4 Å². The molecule has 0 saturated heterocycles.